The Morgan fingerprint density at radius 2 is 2.06 bits per heavy atom. The number of piperidine rings is 1. The molecule has 35 heavy (non-hydrogen) atoms. The standard InChI is InChI=1S/C25H21FN8O/c26-21-13-17(34-24-22(31-32-34)4-2-10-29-24)5-6-20(21)25(35)33(18-3-1-9-27-15-18)23-19-8-11-28-14-16(19)7-12-30-23/h2,4-8,10-14,18,27H,1,3,9,15H2/t18-/m1/s1. The Labute approximate surface area is 199 Å². The van der Waals surface area contributed by atoms with Gasteiger partial charge < -0.3 is 5.32 Å². The maximum absolute atomic E-state index is 15.5. The van der Waals surface area contributed by atoms with Gasteiger partial charge in [0, 0.05) is 48.2 Å². The monoisotopic (exact) mass is 468 g/mol. The molecule has 0 saturated carbocycles. The van der Waals surface area contributed by atoms with E-state index in [9.17, 15) is 4.79 Å². The van der Waals surface area contributed by atoms with E-state index < -0.39 is 11.7 Å². The number of aromatic nitrogens is 6. The van der Waals surface area contributed by atoms with Crippen LogP contribution >= 0.6 is 0 Å². The molecule has 10 heteroatoms. The molecule has 174 valence electrons. The second kappa shape index (κ2) is 8.80. The Morgan fingerprint density at radius 3 is 2.91 bits per heavy atom. The highest BCUT2D eigenvalue weighted by molar-refractivity contribution is 6.10. The molecule has 1 aliphatic heterocycles. The van der Waals surface area contributed by atoms with Gasteiger partial charge >= 0.3 is 0 Å². The SMILES string of the molecule is O=C(c1ccc(-n2nnc3cccnc32)cc1F)N(c1nccc2cnccc12)[C@@H]1CCCNC1. The van der Waals surface area contributed by atoms with Gasteiger partial charge in [-0.15, -0.1) is 5.10 Å². The minimum Gasteiger partial charge on any atom is -0.315 e. The number of carbonyl (C=O) groups excluding carboxylic acids is 1. The first-order valence-electron chi connectivity index (χ1n) is 11.4. The fraction of sp³-hybridized carbons (Fsp3) is 0.200. The number of halogens is 1. The first-order chi connectivity index (χ1) is 17.2. The van der Waals surface area contributed by atoms with Crippen LogP contribution in [0.3, 0.4) is 0 Å². The zero-order chi connectivity index (χ0) is 23.8. The fourth-order valence-electron chi connectivity index (χ4n) is 4.56. The Kier molecular flexibility index (Phi) is 5.34. The summed E-state index contributed by atoms with van der Waals surface area (Å²) in [5.74, 6) is -0.595. The summed E-state index contributed by atoms with van der Waals surface area (Å²) < 4.78 is 16.9. The number of hydrogen-bond donors (Lipinski definition) is 1. The number of nitrogens with one attached hydrogen (secondary N) is 1. The number of pyridine rings is 3. The smallest absolute Gasteiger partial charge is 0.262 e. The highest BCUT2D eigenvalue weighted by Crippen LogP contribution is 2.29. The molecule has 1 saturated heterocycles. The van der Waals surface area contributed by atoms with Gasteiger partial charge in [-0.3, -0.25) is 14.7 Å². The van der Waals surface area contributed by atoms with Gasteiger partial charge in [0.2, 0.25) is 0 Å². The van der Waals surface area contributed by atoms with Crippen molar-refractivity contribution < 1.29 is 9.18 Å². The van der Waals surface area contributed by atoms with Crippen molar-refractivity contribution in [2.75, 3.05) is 18.0 Å². The average Bonchev–Trinajstić information content (AvgIpc) is 3.34. The van der Waals surface area contributed by atoms with Gasteiger partial charge in [0.05, 0.1) is 17.3 Å². The van der Waals surface area contributed by atoms with Crippen LogP contribution in [-0.4, -0.2) is 55.0 Å². The van der Waals surface area contributed by atoms with Crippen LogP contribution in [-0.2, 0) is 0 Å². The van der Waals surface area contributed by atoms with Gasteiger partial charge in [-0.25, -0.2) is 14.4 Å². The number of anilines is 1. The van der Waals surface area contributed by atoms with Gasteiger partial charge in [-0.2, -0.15) is 4.68 Å². The number of benzene rings is 1. The number of carbonyl (C=O) groups is 1. The van der Waals surface area contributed by atoms with Crippen LogP contribution < -0.4 is 10.2 Å². The fourth-order valence-corrected chi connectivity index (χ4v) is 4.56. The summed E-state index contributed by atoms with van der Waals surface area (Å²) in [6.07, 6.45) is 8.37. The zero-order valence-corrected chi connectivity index (χ0v) is 18.7. The quantitative estimate of drug-likeness (QED) is 0.432. The Hall–Kier alpha value is -4.31. The van der Waals surface area contributed by atoms with E-state index in [4.69, 9.17) is 0 Å². The summed E-state index contributed by atoms with van der Waals surface area (Å²) in [6, 6.07) is 11.5. The topological polar surface area (TPSA) is 102 Å². The van der Waals surface area contributed by atoms with E-state index in [1.165, 1.54) is 16.8 Å². The molecule has 1 atom stereocenters. The maximum Gasteiger partial charge on any atom is 0.262 e. The van der Waals surface area contributed by atoms with Crippen molar-refractivity contribution in [3.8, 4) is 5.69 Å². The molecule has 9 nitrogen and oxygen atoms in total. The zero-order valence-electron chi connectivity index (χ0n) is 18.7. The lowest BCUT2D eigenvalue weighted by atomic mass is 10.0. The van der Waals surface area contributed by atoms with E-state index in [-0.39, 0.29) is 11.6 Å². The third-order valence-electron chi connectivity index (χ3n) is 6.26. The molecule has 1 fully saturated rings. The lowest BCUT2D eigenvalue weighted by molar-refractivity contribution is 0.0968. The molecule has 6 rings (SSSR count). The number of hydrogen-bond acceptors (Lipinski definition) is 7. The predicted octanol–water partition coefficient (Wildman–Crippen LogP) is 3.30. The van der Waals surface area contributed by atoms with Gasteiger partial charge in [0.15, 0.2) is 5.65 Å². The molecule has 5 heterocycles. The first kappa shape index (κ1) is 21.2. The highest BCUT2D eigenvalue weighted by atomic mass is 19.1. The van der Waals surface area contributed by atoms with Crippen LogP contribution in [0.1, 0.15) is 23.2 Å². The van der Waals surface area contributed by atoms with E-state index in [0.717, 1.165) is 30.2 Å². The van der Waals surface area contributed by atoms with Crippen molar-refractivity contribution >= 4 is 33.7 Å². The molecule has 4 aromatic heterocycles. The third kappa shape index (κ3) is 3.77. The van der Waals surface area contributed by atoms with E-state index in [0.29, 0.717) is 29.2 Å². The van der Waals surface area contributed by atoms with Crippen molar-refractivity contribution in [3.05, 3.63) is 78.6 Å². The minimum atomic E-state index is -0.650. The van der Waals surface area contributed by atoms with Crippen LogP contribution in [0.2, 0.25) is 0 Å². The normalized spacial score (nSPS) is 16.0. The molecule has 0 aliphatic carbocycles. The van der Waals surface area contributed by atoms with Crippen molar-refractivity contribution in [1.29, 1.82) is 0 Å². The molecule has 1 N–H and O–H groups in total. The van der Waals surface area contributed by atoms with Gasteiger partial charge in [-0.05, 0) is 55.8 Å². The molecule has 0 radical (unpaired) electrons. The molecule has 0 unspecified atom stereocenters. The molecule has 5 aromatic rings. The van der Waals surface area contributed by atoms with Gasteiger partial charge in [0.25, 0.3) is 5.91 Å². The summed E-state index contributed by atoms with van der Waals surface area (Å²) in [5.41, 5.74) is 1.50. The van der Waals surface area contributed by atoms with Crippen LogP contribution in [0, 0.1) is 5.82 Å². The van der Waals surface area contributed by atoms with Crippen molar-refractivity contribution in [2.45, 2.75) is 18.9 Å². The number of rotatable bonds is 4. The second-order valence-corrected chi connectivity index (χ2v) is 8.42. The summed E-state index contributed by atoms with van der Waals surface area (Å²) in [4.78, 5) is 28.5. The summed E-state index contributed by atoms with van der Waals surface area (Å²) in [5, 5.41) is 13.2. The van der Waals surface area contributed by atoms with Crippen molar-refractivity contribution in [1.82, 2.24) is 35.3 Å². The van der Waals surface area contributed by atoms with Crippen molar-refractivity contribution in [2.24, 2.45) is 0 Å². The third-order valence-corrected chi connectivity index (χ3v) is 6.26. The average molecular weight is 468 g/mol. The largest absolute Gasteiger partial charge is 0.315 e. The lowest BCUT2D eigenvalue weighted by Crippen LogP contribution is -2.49. The summed E-state index contributed by atoms with van der Waals surface area (Å²) in [6.45, 7) is 1.49. The predicted molar refractivity (Wildman–Crippen MR) is 129 cm³/mol. The summed E-state index contributed by atoms with van der Waals surface area (Å²) in [7, 11) is 0. The van der Waals surface area contributed by atoms with Gasteiger partial charge in [0.1, 0.15) is 17.2 Å². The summed E-state index contributed by atoms with van der Waals surface area (Å²) >= 11 is 0. The molecule has 0 bridgehead atoms. The number of amides is 1. The van der Waals surface area contributed by atoms with Crippen molar-refractivity contribution in [3.63, 3.8) is 0 Å². The molecule has 1 amide bonds. The first-order valence-corrected chi connectivity index (χ1v) is 11.4. The van der Waals surface area contributed by atoms with Gasteiger partial charge in [-0.1, -0.05) is 5.21 Å². The van der Waals surface area contributed by atoms with Crippen LogP contribution in [0.5, 0.6) is 0 Å². The Balaban J connectivity index is 1.43. The molecular weight excluding hydrogens is 447 g/mol. The number of nitrogens with zero attached hydrogens (tertiary/aromatic N) is 7. The van der Waals surface area contributed by atoms with Crippen LogP contribution in [0.15, 0.2) is 67.3 Å². The second-order valence-electron chi connectivity index (χ2n) is 8.42. The van der Waals surface area contributed by atoms with E-state index in [1.807, 2.05) is 12.1 Å². The Bertz CT molecular complexity index is 1540. The van der Waals surface area contributed by atoms with E-state index >= 15 is 4.39 Å². The number of fused-ring (bicyclic) bond motifs is 2. The molecular formula is C25H21FN8O. The van der Waals surface area contributed by atoms with E-state index in [1.54, 1.807) is 47.9 Å². The van der Waals surface area contributed by atoms with E-state index in [2.05, 4.69) is 30.6 Å². The Morgan fingerprint density at radius 1 is 1.11 bits per heavy atom. The molecule has 1 aliphatic rings. The maximum atomic E-state index is 15.5. The van der Waals surface area contributed by atoms with Crippen LogP contribution in [0.25, 0.3) is 27.6 Å². The molecule has 0 spiro atoms. The lowest BCUT2D eigenvalue weighted by Gasteiger charge is -2.34. The van der Waals surface area contributed by atoms with Crippen LogP contribution in [0.4, 0.5) is 10.2 Å². The molecule has 1 aromatic carbocycles. The highest BCUT2D eigenvalue weighted by Gasteiger charge is 2.31. The minimum absolute atomic E-state index is 0.0374.